The Hall–Kier alpha value is -5.91. The number of anilines is 1. The predicted octanol–water partition coefficient (Wildman–Crippen LogP) is 10.3. The van der Waals surface area contributed by atoms with Crippen LogP contribution in [0.4, 0.5) is 5.69 Å². The fourth-order valence-corrected chi connectivity index (χ4v) is 8.99. The van der Waals surface area contributed by atoms with E-state index < -0.39 is 5.97 Å². The zero-order chi connectivity index (χ0) is 41.9. The highest BCUT2D eigenvalue weighted by Crippen LogP contribution is 2.46. The largest absolute Gasteiger partial charge is 0.497 e. The molecule has 1 aliphatic heterocycles. The molecule has 0 radical (unpaired) electrons. The highest BCUT2D eigenvalue weighted by molar-refractivity contribution is 6.35. The number of aromatic nitrogens is 5. The van der Waals surface area contributed by atoms with E-state index in [0.717, 1.165) is 66.4 Å². The minimum Gasteiger partial charge on any atom is -0.497 e. The second kappa shape index (κ2) is 15.7. The monoisotopic (exact) mass is 830 g/mol. The molecule has 7 aromatic rings. The van der Waals surface area contributed by atoms with Crippen molar-refractivity contribution in [3.05, 3.63) is 128 Å². The Balaban J connectivity index is 1.31. The molecule has 3 aromatic carbocycles. The minimum atomic E-state index is -1.09. The summed E-state index contributed by atoms with van der Waals surface area (Å²) in [6.07, 6.45) is 4.39. The van der Waals surface area contributed by atoms with Gasteiger partial charge >= 0.3 is 5.97 Å². The molecule has 0 saturated carbocycles. The maximum absolute atomic E-state index is 15.5. The molecule has 1 N–H and O–H groups in total. The number of hydrogen-bond acceptors (Lipinski definition) is 7. The molecule has 5 heterocycles. The SMILES string of the molecule is COc1cc(N2C[C@@H](C)n3c(c(CCCOc4cc(C)c(Cl)c(C)c4)c4ccc(Cl)c(-c5c(C)ncnc5C)c43)C2=O)c2c(c1)cc(C(=O)O)n2Cc1cc(C)ccn1. The number of pyridine rings is 1. The summed E-state index contributed by atoms with van der Waals surface area (Å²) < 4.78 is 15.9. The molecule has 1 aliphatic rings. The first-order valence-corrected chi connectivity index (χ1v) is 20.2. The number of halogens is 2. The van der Waals surface area contributed by atoms with Crippen molar-refractivity contribution in [3.8, 4) is 22.6 Å². The van der Waals surface area contributed by atoms with Gasteiger partial charge in [-0.1, -0.05) is 29.3 Å². The standard InChI is InChI=1S/C46H44Cl2N6O5/c1-24-12-13-49-31(15-24)22-52-38(46(56)57)19-30-18-32(58-7)20-37(42(30)52)53-21-27(4)54-43-35(10-11-36(47)40(43)39-28(5)50-23-51-29(39)6)34(44(54)45(53)55)9-8-14-59-33-16-25(2)41(48)26(3)17-33/h10-13,15-20,23,27H,8-9,14,21-22H2,1-7H3,(H,56,57)/t27-/m1/s1. The fourth-order valence-electron chi connectivity index (χ4n) is 8.63. The van der Waals surface area contributed by atoms with Crippen LogP contribution in [0.5, 0.6) is 11.5 Å². The van der Waals surface area contributed by atoms with Gasteiger partial charge in [0.25, 0.3) is 5.91 Å². The summed E-state index contributed by atoms with van der Waals surface area (Å²) in [6, 6.07) is 16.6. The van der Waals surface area contributed by atoms with Gasteiger partial charge in [0.1, 0.15) is 29.2 Å². The van der Waals surface area contributed by atoms with Gasteiger partial charge < -0.3 is 28.6 Å². The molecule has 0 spiro atoms. The summed E-state index contributed by atoms with van der Waals surface area (Å²) in [5.41, 5.74) is 10.2. The second-order valence-corrected chi connectivity index (χ2v) is 16.1. The van der Waals surface area contributed by atoms with Gasteiger partial charge in [0.15, 0.2) is 0 Å². The van der Waals surface area contributed by atoms with Crippen LogP contribution in [0.2, 0.25) is 10.0 Å². The Labute approximate surface area is 352 Å². The van der Waals surface area contributed by atoms with E-state index in [9.17, 15) is 9.90 Å². The van der Waals surface area contributed by atoms with Crippen LogP contribution >= 0.6 is 23.2 Å². The van der Waals surface area contributed by atoms with Crippen LogP contribution in [0.15, 0.2) is 67.1 Å². The van der Waals surface area contributed by atoms with Gasteiger partial charge in [-0.15, -0.1) is 0 Å². The number of carboxylic acids is 1. The third-order valence-corrected chi connectivity index (χ3v) is 12.2. The van der Waals surface area contributed by atoms with Gasteiger partial charge in [-0.2, -0.15) is 0 Å². The average Bonchev–Trinajstić information content (AvgIpc) is 3.73. The molecule has 0 bridgehead atoms. The predicted molar refractivity (Wildman–Crippen MR) is 232 cm³/mol. The van der Waals surface area contributed by atoms with Crippen LogP contribution in [-0.2, 0) is 13.0 Å². The Morgan fingerprint density at radius 2 is 1.63 bits per heavy atom. The number of rotatable bonds is 11. The number of carbonyl (C=O) groups excluding carboxylic acids is 1. The van der Waals surface area contributed by atoms with Crippen molar-refractivity contribution in [3.63, 3.8) is 0 Å². The van der Waals surface area contributed by atoms with E-state index >= 15 is 4.79 Å². The van der Waals surface area contributed by atoms with E-state index in [1.165, 1.54) is 0 Å². The average molecular weight is 832 g/mol. The Morgan fingerprint density at radius 1 is 0.898 bits per heavy atom. The number of methoxy groups -OCH3 is 1. The Kier molecular flexibility index (Phi) is 10.6. The number of ether oxygens (including phenoxy) is 2. The summed E-state index contributed by atoms with van der Waals surface area (Å²) in [7, 11) is 1.56. The summed E-state index contributed by atoms with van der Waals surface area (Å²) in [4.78, 5) is 43.7. The number of carboxylic acid groups (broad SMARTS) is 1. The number of amides is 1. The number of benzene rings is 3. The van der Waals surface area contributed by atoms with Crippen molar-refractivity contribution in [1.82, 2.24) is 24.1 Å². The lowest BCUT2D eigenvalue weighted by atomic mass is 9.97. The van der Waals surface area contributed by atoms with Crippen LogP contribution < -0.4 is 14.4 Å². The highest BCUT2D eigenvalue weighted by Gasteiger charge is 2.38. The van der Waals surface area contributed by atoms with Crippen LogP contribution in [0.1, 0.15) is 79.7 Å². The lowest BCUT2D eigenvalue weighted by molar-refractivity contribution is 0.0686. The van der Waals surface area contributed by atoms with Crippen LogP contribution in [0, 0.1) is 34.6 Å². The number of aromatic carboxylic acids is 1. The molecule has 4 aromatic heterocycles. The smallest absolute Gasteiger partial charge is 0.352 e. The van der Waals surface area contributed by atoms with Crippen molar-refractivity contribution in [2.75, 3.05) is 25.2 Å². The highest BCUT2D eigenvalue weighted by atomic mass is 35.5. The first kappa shape index (κ1) is 39.9. The molecule has 1 atom stereocenters. The van der Waals surface area contributed by atoms with E-state index in [1.54, 1.807) is 41.2 Å². The van der Waals surface area contributed by atoms with E-state index in [1.807, 2.05) is 77.1 Å². The molecule has 59 heavy (non-hydrogen) atoms. The number of aryl methyl sites for hydroxylation is 6. The van der Waals surface area contributed by atoms with Crippen molar-refractivity contribution in [2.24, 2.45) is 0 Å². The van der Waals surface area contributed by atoms with Gasteiger partial charge in [-0.05, 0) is 119 Å². The van der Waals surface area contributed by atoms with Gasteiger partial charge in [-0.25, -0.2) is 14.8 Å². The number of hydrogen-bond donors (Lipinski definition) is 1. The minimum absolute atomic E-state index is 0.0753. The van der Waals surface area contributed by atoms with Crippen molar-refractivity contribution >= 4 is 62.6 Å². The summed E-state index contributed by atoms with van der Waals surface area (Å²) >= 11 is 13.6. The van der Waals surface area contributed by atoms with Crippen molar-refractivity contribution in [1.29, 1.82) is 0 Å². The quantitative estimate of drug-likeness (QED) is 0.128. The van der Waals surface area contributed by atoms with E-state index in [2.05, 4.69) is 26.4 Å². The molecular weight excluding hydrogens is 787 g/mol. The van der Waals surface area contributed by atoms with E-state index in [-0.39, 0.29) is 30.7 Å². The first-order chi connectivity index (χ1) is 28.3. The van der Waals surface area contributed by atoms with Crippen LogP contribution in [-0.4, -0.2) is 61.3 Å². The first-order valence-electron chi connectivity index (χ1n) is 19.5. The molecule has 1 amide bonds. The van der Waals surface area contributed by atoms with Crippen molar-refractivity contribution < 1.29 is 24.2 Å². The third-order valence-electron chi connectivity index (χ3n) is 11.3. The molecule has 302 valence electrons. The van der Waals surface area contributed by atoms with Crippen molar-refractivity contribution in [2.45, 2.75) is 67.0 Å². The Bertz CT molecular complexity index is 2800. The van der Waals surface area contributed by atoms with Gasteiger partial charge in [0.2, 0.25) is 0 Å². The topological polar surface area (TPSA) is 125 Å². The van der Waals surface area contributed by atoms with E-state index in [4.69, 9.17) is 32.7 Å². The fraction of sp³-hybridized carbons (Fsp3) is 0.283. The number of carbonyl (C=O) groups is 2. The van der Waals surface area contributed by atoms with Gasteiger partial charge in [0.05, 0.1) is 47.7 Å². The normalized spacial score (nSPS) is 14.0. The molecule has 13 heteroatoms. The van der Waals surface area contributed by atoms with Gasteiger partial charge in [-0.3, -0.25) is 9.78 Å². The maximum Gasteiger partial charge on any atom is 0.352 e. The molecule has 11 nitrogen and oxygen atoms in total. The van der Waals surface area contributed by atoms with Crippen LogP contribution in [0.3, 0.4) is 0 Å². The molecular formula is C46H44Cl2N6O5. The molecule has 0 unspecified atom stereocenters. The third kappa shape index (κ3) is 7.06. The second-order valence-electron chi connectivity index (χ2n) is 15.4. The summed E-state index contributed by atoms with van der Waals surface area (Å²) in [6.45, 7) is 12.7. The molecule has 0 fully saturated rings. The zero-order valence-electron chi connectivity index (χ0n) is 34.0. The number of fused-ring (bicyclic) bond motifs is 4. The van der Waals surface area contributed by atoms with Crippen LogP contribution in [0.25, 0.3) is 32.9 Å². The Morgan fingerprint density at radius 3 is 2.31 bits per heavy atom. The zero-order valence-corrected chi connectivity index (χ0v) is 35.5. The lowest BCUT2D eigenvalue weighted by Gasteiger charge is -2.35. The summed E-state index contributed by atoms with van der Waals surface area (Å²) in [5, 5.41) is 13.3. The van der Waals surface area contributed by atoms with E-state index in [0.29, 0.717) is 58.2 Å². The molecule has 0 aliphatic carbocycles. The molecule has 8 rings (SSSR count). The summed E-state index contributed by atoms with van der Waals surface area (Å²) in [5.74, 6) is -0.0897. The lowest BCUT2D eigenvalue weighted by Crippen LogP contribution is -2.43. The number of nitrogens with zero attached hydrogens (tertiary/aromatic N) is 6. The van der Waals surface area contributed by atoms with Gasteiger partial charge in [0, 0.05) is 63.2 Å². The molecule has 0 saturated heterocycles. The maximum atomic E-state index is 15.5.